The molecule has 5 N–H and O–H groups in total. The molecule has 0 unspecified atom stereocenters. The van der Waals surface area contributed by atoms with Gasteiger partial charge in [0.15, 0.2) is 0 Å². The van der Waals surface area contributed by atoms with Gasteiger partial charge in [0.2, 0.25) is 5.91 Å². The molecule has 0 bridgehead atoms. The molecular weight excluding hydrogens is 198 g/mol. The van der Waals surface area contributed by atoms with E-state index >= 15 is 0 Å². The maximum Gasteiger partial charge on any atom is 0.326 e. The van der Waals surface area contributed by atoms with Crippen molar-refractivity contribution in [1.29, 1.82) is 0 Å². The lowest BCUT2D eigenvalue weighted by Crippen LogP contribution is -2.48. The van der Waals surface area contributed by atoms with Gasteiger partial charge in [0.1, 0.15) is 6.04 Å². The fourth-order valence-corrected chi connectivity index (χ4v) is 1.60. The first-order valence-electron chi connectivity index (χ1n) is 5.11. The summed E-state index contributed by atoms with van der Waals surface area (Å²) >= 11 is 0. The molecule has 1 fully saturated rings. The van der Waals surface area contributed by atoms with Gasteiger partial charge < -0.3 is 21.5 Å². The molecule has 0 saturated carbocycles. The second-order valence-corrected chi connectivity index (χ2v) is 3.63. The van der Waals surface area contributed by atoms with E-state index in [0.29, 0.717) is 0 Å². The van der Waals surface area contributed by atoms with Gasteiger partial charge in [-0.3, -0.25) is 4.79 Å². The van der Waals surface area contributed by atoms with Crippen LogP contribution in [0.1, 0.15) is 19.3 Å². The third kappa shape index (κ3) is 3.49. The Kier molecular flexibility index (Phi) is 4.51. The highest BCUT2D eigenvalue weighted by atomic mass is 16.4. The van der Waals surface area contributed by atoms with Crippen molar-refractivity contribution in [1.82, 2.24) is 10.6 Å². The van der Waals surface area contributed by atoms with Crippen LogP contribution in [0.3, 0.4) is 0 Å². The summed E-state index contributed by atoms with van der Waals surface area (Å²) in [6.45, 7) is 1.06. The molecule has 0 aromatic heterocycles. The van der Waals surface area contributed by atoms with E-state index in [-0.39, 0.29) is 24.9 Å². The number of nitrogens with one attached hydrogen (secondary N) is 2. The minimum absolute atomic E-state index is 0.242. The Morgan fingerprint density at radius 1 is 1.60 bits per heavy atom. The molecule has 6 nitrogen and oxygen atoms in total. The number of rotatable bonds is 5. The van der Waals surface area contributed by atoms with Crippen molar-refractivity contribution in [3.05, 3.63) is 0 Å². The minimum Gasteiger partial charge on any atom is -0.480 e. The highest BCUT2D eigenvalue weighted by Gasteiger charge is 2.26. The third-order valence-corrected chi connectivity index (χ3v) is 2.45. The lowest BCUT2D eigenvalue weighted by Gasteiger charge is -2.16. The number of carbonyl (C=O) groups is 2. The predicted molar refractivity (Wildman–Crippen MR) is 54.3 cm³/mol. The number of carbonyl (C=O) groups excluding carboxylic acids is 1. The topological polar surface area (TPSA) is 104 Å². The van der Waals surface area contributed by atoms with E-state index in [4.69, 9.17) is 10.8 Å². The molecule has 0 aromatic carbocycles. The Labute approximate surface area is 88.2 Å². The molecule has 0 spiro atoms. The van der Waals surface area contributed by atoms with Crippen molar-refractivity contribution in [3.63, 3.8) is 0 Å². The van der Waals surface area contributed by atoms with Gasteiger partial charge in [-0.15, -0.1) is 0 Å². The van der Waals surface area contributed by atoms with Gasteiger partial charge in [-0.1, -0.05) is 0 Å². The molecule has 2 atom stereocenters. The average molecular weight is 215 g/mol. The summed E-state index contributed by atoms with van der Waals surface area (Å²) in [7, 11) is 0. The Hall–Kier alpha value is -1.14. The van der Waals surface area contributed by atoms with Crippen LogP contribution in [0.25, 0.3) is 0 Å². The molecule has 15 heavy (non-hydrogen) atoms. The van der Waals surface area contributed by atoms with E-state index in [9.17, 15) is 9.59 Å². The van der Waals surface area contributed by atoms with Crippen molar-refractivity contribution in [2.24, 2.45) is 5.73 Å². The highest BCUT2D eigenvalue weighted by Crippen LogP contribution is 2.05. The fourth-order valence-electron chi connectivity index (χ4n) is 1.60. The van der Waals surface area contributed by atoms with Gasteiger partial charge >= 0.3 is 5.97 Å². The quantitative estimate of drug-likeness (QED) is 0.454. The zero-order chi connectivity index (χ0) is 11.3. The van der Waals surface area contributed by atoms with Crippen LogP contribution >= 0.6 is 0 Å². The zero-order valence-electron chi connectivity index (χ0n) is 8.53. The molecule has 1 aliphatic heterocycles. The lowest BCUT2D eigenvalue weighted by atomic mass is 10.1. The number of nitrogens with two attached hydrogens (primary N) is 1. The SMILES string of the molecule is NCC[C@H](NC(=O)[C@@H]1CCCN1)C(=O)O. The van der Waals surface area contributed by atoms with Crippen LogP contribution in [0, 0.1) is 0 Å². The third-order valence-electron chi connectivity index (χ3n) is 2.45. The van der Waals surface area contributed by atoms with Crippen molar-refractivity contribution < 1.29 is 14.7 Å². The van der Waals surface area contributed by atoms with Crippen LogP contribution in [0.4, 0.5) is 0 Å². The summed E-state index contributed by atoms with van der Waals surface area (Å²) in [5.74, 6) is -1.28. The number of carboxylic acids is 1. The van der Waals surface area contributed by atoms with Crippen molar-refractivity contribution in [2.75, 3.05) is 13.1 Å². The number of amides is 1. The lowest BCUT2D eigenvalue weighted by molar-refractivity contribution is -0.142. The van der Waals surface area contributed by atoms with Crippen molar-refractivity contribution >= 4 is 11.9 Å². The summed E-state index contributed by atoms with van der Waals surface area (Å²) in [6.07, 6.45) is 1.97. The smallest absolute Gasteiger partial charge is 0.326 e. The Morgan fingerprint density at radius 3 is 2.80 bits per heavy atom. The maximum atomic E-state index is 11.6. The van der Waals surface area contributed by atoms with Crippen LogP contribution in [0.5, 0.6) is 0 Å². The highest BCUT2D eigenvalue weighted by molar-refractivity contribution is 5.87. The van der Waals surface area contributed by atoms with Gasteiger partial charge in [0.25, 0.3) is 0 Å². The fraction of sp³-hybridized carbons (Fsp3) is 0.778. The first-order chi connectivity index (χ1) is 7.15. The molecule has 1 aliphatic rings. The van der Waals surface area contributed by atoms with Crippen LogP contribution < -0.4 is 16.4 Å². The molecule has 1 heterocycles. The number of aliphatic carboxylic acids is 1. The standard InChI is InChI=1S/C9H17N3O3/c10-4-3-7(9(14)15)12-8(13)6-2-1-5-11-6/h6-7,11H,1-5,10H2,(H,12,13)(H,14,15)/t6-,7-/m0/s1. The monoisotopic (exact) mass is 215 g/mol. The summed E-state index contributed by atoms with van der Waals surface area (Å²) in [5, 5.41) is 14.3. The maximum absolute atomic E-state index is 11.6. The molecule has 0 aromatic rings. The second-order valence-electron chi connectivity index (χ2n) is 3.63. The van der Waals surface area contributed by atoms with Gasteiger partial charge in [0, 0.05) is 0 Å². The predicted octanol–water partition coefficient (Wildman–Crippen LogP) is -1.34. The minimum atomic E-state index is -1.04. The van der Waals surface area contributed by atoms with Gasteiger partial charge in [-0.05, 0) is 32.4 Å². The van der Waals surface area contributed by atoms with Crippen molar-refractivity contribution in [2.45, 2.75) is 31.3 Å². The summed E-state index contributed by atoms with van der Waals surface area (Å²) in [5.41, 5.74) is 5.27. The zero-order valence-corrected chi connectivity index (χ0v) is 8.53. The molecule has 1 rings (SSSR count). The first-order valence-corrected chi connectivity index (χ1v) is 5.11. The van der Waals surface area contributed by atoms with Crippen LogP contribution in [0.15, 0.2) is 0 Å². The van der Waals surface area contributed by atoms with Crippen LogP contribution in [0.2, 0.25) is 0 Å². The molecule has 0 aliphatic carbocycles. The number of carboxylic acid groups (broad SMARTS) is 1. The van der Waals surface area contributed by atoms with E-state index in [2.05, 4.69) is 10.6 Å². The molecular formula is C9H17N3O3. The normalized spacial score (nSPS) is 22.3. The summed E-state index contributed by atoms with van der Waals surface area (Å²) in [6, 6.07) is -1.12. The van der Waals surface area contributed by atoms with E-state index in [1.54, 1.807) is 0 Å². The molecule has 6 heteroatoms. The Morgan fingerprint density at radius 2 is 2.33 bits per heavy atom. The van der Waals surface area contributed by atoms with E-state index in [1.807, 2.05) is 0 Å². The number of hydrogen-bond donors (Lipinski definition) is 4. The van der Waals surface area contributed by atoms with Crippen molar-refractivity contribution in [3.8, 4) is 0 Å². The average Bonchev–Trinajstić information content (AvgIpc) is 2.69. The molecule has 1 amide bonds. The van der Waals surface area contributed by atoms with E-state index in [1.165, 1.54) is 0 Å². The summed E-state index contributed by atoms with van der Waals surface area (Å²) in [4.78, 5) is 22.3. The number of hydrogen-bond acceptors (Lipinski definition) is 4. The first kappa shape index (κ1) is 11.9. The Bertz CT molecular complexity index is 239. The molecule has 86 valence electrons. The largest absolute Gasteiger partial charge is 0.480 e. The van der Waals surface area contributed by atoms with Gasteiger partial charge in [-0.25, -0.2) is 4.79 Å². The van der Waals surface area contributed by atoms with E-state index in [0.717, 1.165) is 19.4 Å². The van der Waals surface area contributed by atoms with Crippen LogP contribution in [-0.2, 0) is 9.59 Å². The summed E-state index contributed by atoms with van der Waals surface area (Å²) < 4.78 is 0. The van der Waals surface area contributed by atoms with Gasteiger partial charge in [-0.2, -0.15) is 0 Å². The Balaban J connectivity index is 2.42. The molecule has 0 radical (unpaired) electrons. The van der Waals surface area contributed by atoms with E-state index < -0.39 is 12.0 Å². The molecule has 1 saturated heterocycles. The van der Waals surface area contributed by atoms with Gasteiger partial charge in [0.05, 0.1) is 6.04 Å². The van der Waals surface area contributed by atoms with Crippen LogP contribution in [-0.4, -0.2) is 42.2 Å². The second kappa shape index (κ2) is 5.67.